The maximum absolute atomic E-state index is 12.8. The zero-order valence-corrected chi connectivity index (χ0v) is 36.8. The van der Waals surface area contributed by atoms with E-state index in [0.29, 0.717) is 11.4 Å². The fraction of sp³-hybridized carbons (Fsp3) is 0.486. The number of ether oxygens (including phenoxy) is 1. The van der Waals surface area contributed by atoms with E-state index in [9.17, 15) is 64.2 Å². The first-order chi connectivity index (χ1) is 31.3. The Morgan fingerprint density at radius 1 is 0.803 bits per heavy atom. The lowest BCUT2D eigenvalue weighted by Gasteiger charge is -2.25. The number of nitrogens with two attached hydrogens (primary N) is 2. The van der Waals surface area contributed by atoms with E-state index < -0.39 is 104 Å². The van der Waals surface area contributed by atoms with Crippen LogP contribution in [0.1, 0.15) is 48.7 Å². The number of nitrogens with one attached hydrogen (secondary N) is 6. The van der Waals surface area contributed by atoms with Crippen LogP contribution in [0.4, 0.5) is 22.2 Å². The number of aliphatic hydroxyl groups excluding tert-OH is 5. The highest BCUT2D eigenvalue weighted by Crippen LogP contribution is 2.22. The zero-order valence-electron chi connectivity index (χ0n) is 35.2. The topological polar surface area (TPSA) is 446 Å². The van der Waals surface area contributed by atoms with Crippen molar-refractivity contribution >= 4 is 91.9 Å². The maximum Gasteiger partial charge on any atom is 0.426 e. The number of benzene rings is 1. The molecule has 7 atom stereocenters. The minimum atomic E-state index is -1.87. The fourth-order valence-electron chi connectivity index (χ4n) is 5.30. The van der Waals surface area contributed by atoms with Crippen LogP contribution >= 0.6 is 21.6 Å². The van der Waals surface area contributed by atoms with Crippen LogP contribution in [0.5, 0.6) is 0 Å². The van der Waals surface area contributed by atoms with Gasteiger partial charge in [0, 0.05) is 48.1 Å². The van der Waals surface area contributed by atoms with Crippen molar-refractivity contribution in [1.29, 1.82) is 0 Å². The molecule has 2 heterocycles. The summed E-state index contributed by atoms with van der Waals surface area (Å²) in [5, 5.41) is 76.9. The van der Waals surface area contributed by atoms with Gasteiger partial charge >= 0.3 is 18.0 Å². The van der Waals surface area contributed by atoms with Crippen LogP contribution in [-0.4, -0.2) is 165 Å². The van der Waals surface area contributed by atoms with Gasteiger partial charge in [0.1, 0.15) is 37.0 Å². The normalized spacial score (nSPS) is 14.3. The van der Waals surface area contributed by atoms with Crippen LogP contribution in [0, 0.1) is 5.92 Å². The molecule has 0 aliphatic rings. The molecule has 362 valence electrons. The Balaban J connectivity index is 1.28. The number of anilines is 3. The molecule has 0 bridgehead atoms. The van der Waals surface area contributed by atoms with Gasteiger partial charge in [-0.1, -0.05) is 28.5 Å². The Kier molecular flexibility index (Phi) is 22.2. The molecule has 0 saturated carbocycles. The van der Waals surface area contributed by atoms with Gasteiger partial charge in [0.25, 0.3) is 5.91 Å². The van der Waals surface area contributed by atoms with Crippen LogP contribution in [-0.2, 0) is 35.3 Å². The second-order valence-corrected chi connectivity index (χ2v) is 16.8. The summed E-state index contributed by atoms with van der Waals surface area (Å²) < 4.78 is 4.94. The molecule has 0 aliphatic heterocycles. The Morgan fingerprint density at radius 2 is 1.47 bits per heavy atom. The lowest BCUT2D eigenvalue weighted by molar-refractivity contribution is -0.141. The number of nitrogens with zero attached hydrogens (tertiary/aromatic N) is 4. The summed E-state index contributed by atoms with van der Waals surface area (Å²) >= 11 is 0. The number of aliphatic hydroxyl groups is 5. The van der Waals surface area contributed by atoms with Crippen LogP contribution in [0.3, 0.4) is 0 Å². The number of aliphatic carboxylic acids is 2. The lowest BCUT2D eigenvalue weighted by Crippen LogP contribution is -2.49. The molecule has 0 spiro atoms. The molecule has 5 amide bonds. The number of amides is 5. The van der Waals surface area contributed by atoms with Crippen molar-refractivity contribution in [1.82, 2.24) is 46.7 Å². The van der Waals surface area contributed by atoms with Crippen LogP contribution in [0.2, 0.25) is 0 Å². The monoisotopic (exact) mass is 968 g/mol. The SMILES string of the molecule is C[C@@H](CCC(=O)NC[C@H](O)[C@@H](O)[C@H](O)[C@H](O)CO)C(=O)N[C@H](CSSCCOC(=O)NNC(=O)CC[C@H](NC(=O)c1ccc(NCc2cnc3nc(N)nc(N)c3n2)cc1)C(=O)O)C(=O)O. The van der Waals surface area contributed by atoms with Crippen molar-refractivity contribution in [3.05, 3.63) is 41.7 Å². The third-order valence-electron chi connectivity index (χ3n) is 9.11. The third kappa shape index (κ3) is 18.3. The number of hydrazine groups is 1. The van der Waals surface area contributed by atoms with Gasteiger partial charge in [0.15, 0.2) is 17.0 Å². The van der Waals surface area contributed by atoms with Gasteiger partial charge in [-0.05, 0) is 37.1 Å². The Hall–Kier alpha value is -6.37. The Morgan fingerprint density at radius 3 is 2.14 bits per heavy atom. The first-order valence-electron chi connectivity index (χ1n) is 19.8. The number of carboxylic acids is 2. The standard InChI is InChI=1S/C37H52N12O15S2/c1-17(2-8-25(53)41-14-23(51)28(55)29(56)24(52)15-50)32(57)45-22(35(61)62)16-66-65-11-10-64-37(63)49-48-26(54)9-7-21(34(59)60)44-33(58)18-3-5-19(6-4-18)40-12-20-13-42-31-27(43-20)30(38)46-36(39)47-31/h3-6,13,17,21-24,28-29,40,50-52,55-56H,2,7-12,14-16H2,1H3,(H,41,53)(H,44,58)(H,45,57)(H,48,54)(H,49,63)(H,59,60)(H,61,62)(H4,38,39,42,46,47)/t17-,21-,22+,23-,24+,28+,29+/m0/s1. The van der Waals surface area contributed by atoms with Crippen molar-refractivity contribution < 1.29 is 74.0 Å². The molecule has 0 aliphatic carbocycles. The minimum absolute atomic E-state index is 0.00830. The number of carboxylic acid groups (broad SMARTS) is 2. The molecule has 3 aromatic rings. The largest absolute Gasteiger partial charge is 0.480 e. The molecule has 0 saturated heterocycles. The Bertz CT molecular complexity index is 2150. The fourth-order valence-corrected chi connectivity index (χ4v) is 7.28. The summed E-state index contributed by atoms with van der Waals surface area (Å²) in [5.74, 6) is -6.17. The lowest BCUT2D eigenvalue weighted by atomic mass is 10.0. The first-order valence-corrected chi connectivity index (χ1v) is 22.3. The number of aromatic nitrogens is 4. The number of rotatable bonds is 27. The third-order valence-corrected chi connectivity index (χ3v) is 11.5. The molecular weight excluding hydrogens is 917 g/mol. The predicted octanol–water partition coefficient (Wildman–Crippen LogP) is -3.16. The van der Waals surface area contributed by atoms with E-state index in [2.05, 4.69) is 46.6 Å². The average Bonchev–Trinajstić information content (AvgIpc) is 3.29. The quantitative estimate of drug-likeness (QED) is 0.0204. The number of carbonyl (C=O) groups excluding carboxylic acids is 5. The van der Waals surface area contributed by atoms with Crippen LogP contribution in [0.15, 0.2) is 30.5 Å². The number of carbonyl (C=O) groups is 7. The highest BCUT2D eigenvalue weighted by molar-refractivity contribution is 8.76. The molecule has 1 aromatic carbocycles. The van der Waals surface area contributed by atoms with Gasteiger partial charge in [-0.25, -0.2) is 29.8 Å². The zero-order chi connectivity index (χ0) is 48.9. The van der Waals surface area contributed by atoms with E-state index in [1.54, 1.807) is 12.1 Å². The van der Waals surface area contributed by atoms with Gasteiger partial charge in [0.2, 0.25) is 23.7 Å². The minimum Gasteiger partial charge on any atom is -0.480 e. The predicted molar refractivity (Wildman–Crippen MR) is 235 cm³/mol. The molecule has 3 rings (SSSR count). The van der Waals surface area contributed by atoms with E-state index in [-0.39, 0.29) is 72.4 Å². The highest BCUT2D eigenvalue weighted by Gasteiger charge is 2.30. The molecule has 0 fully saturated rings. The number of nitrogen functional groups attached to an aromatic ring is 2. The van der Waals surface area contributed by atoms with Crippen molar-refractivity contribution in [2.45, 2.75) is 75.7 Å². The number of fused-ring (bicyclic) bond motifs is 1. The van der Waals surface area contributed by atoms with Gasteiger partial charge in [0.05, 0.1) is 31.1 Å². The van der Waals surface area contributed by atoms with Gasteiger partial charge in [-0.2, -0.15) is 9.97 Å². The summed E-state index contributed by atoms with van der Waals surface area (Å²) in [6.45, 7) is 0.150. The molecule has 27 nitrogen and oxygen atoms in total. The molecular formula is C37H52N12O15S2. The van der Waals surface area contributed by atoms with Crippen LogP contribution in [0.25, 0.3) is 11.2 Å². The van der Waals surface area contributed by atoms with Crippen molar-refractivity contribution in [3.8, 4) is 0 Å². The molecule has 0 radical (unpaired) electrons. The number of hydrogen-bond acceptors (Lipinski definition) is 22. The van der Waals surface area contributed by atoms with E-state index >= 15 is 0 Å². The van der Waals surface area contributed by atoms with E-state index in [1.165, 1.54) is 25.3 Å². The van der Waals surface area contributed by atoms with E-state index in [4.69, 9.17) is 21.3 Å². The smallest absolute Gasteiger partial charge is 0.426 e. The first kappa shape index (κ1) is 54.0. The highest BCUT2D eigenvalue weighted by atomic mass is 33.1. The van der Waals surface area contributed by atoms with Crippen LogP contribution < -0.4 is 43.6 Å². The summed E-state index contributed by atoms with van der Waals surface area (Å²) in [4.78, 5) is 102. The summed E-state index contributed by atoms with van der Waals surface area (Å²) in [6, 6.07) is 3.33. The molecule has 2 aromatic heterocycles. The van der Waals surface area contributed by atoms with Crippen molar-refractivity contribution in [2.75, 3.05) is 48.0 Å². The molecule has 66 heavy (non-hydrogen) atoms. The molecule has 29 heteroatoms. The average molecular weight is 969 g/mol. The van der Waals surface area contributed by atoms with Crippen molar-refractivity contribution in [2.24, 2.45) is 5.92 Å². The Labute approximate surface area is 383 Å². The summed E-state index contributed by atoms with van der Waals surface area (Å²) in [5.41, 5.74) is 17.3. The van der Waals surface area contributed by atoms with Gasteiger partial charge in [-0.3, -0.25) is 24.6 Å². The van der Waals surface area contributed by atoms with Gasteiger partial charge < -0.3 is 73.2 Å². The van der Waals surface area contributed by atoms with Crippen molar-refractivity contribution in [3.63, 3.8) is 0 Å². The second kappa shape index (κ2) is 27.2. The number of hydrogen-bond donors (Lipinski definition) is 15. The van der Waals surface area contributed by atoms with Gasteiger partial charge in [-0.15, -0.1) is 0 Å². The molecule has 0 unspecified atom stereocenters. The molecule has 17 N–H and O–H groups in total. The second-order valence-electron chi connectivity index (χ2n) is 14.2. The summed E-state index contributed by atoms with van der Waals surface area (Å²) in [7, 11) is 2.17. The maximum atomic E-state index is 12.8. The van der Waals surface area contributed by atoms with E-state index in [0.717, 1.165) is 21.6 Å². The summed E-state index contributed by atoms with van der Waals surface area (Å²) in [6.07, 6.45) is -7.64. The van der Waals surface area contributed by atoms with E-state index in [1.807, 2.05) is 5.43 Å².